The van der Waals surface area contributed by atoms with E-state index in [2.05, 4.69) is 4.98 Å². The molecule has 0 fully saturated rings. The zero-order valence-corrected chi connectivity index (χ0v) is 15.5. The van der Waals surface area contributed by atoms with E-state index in [9.17, 15) is 31.1 Å². The van der Waals surface area contributed by atoms with Crippen molar-refractivity contribution >= 4 is 18.1 Å². The standard InChI is InChI=1S/C22H13F6NO2/c23-21(24,25)16-11-15(12-17(13-16)22(26,27)28)20(30)31-19-8-5-14(6-9-19)4-7-18-3-1-2-10-29-18/h1-13H/b7-4+. The molecule has 3 rings (SSSR count). The Balaban J connectivity index is 1.79. The van der Waals surface area contributed by atoms with E-state index in [1.54, 1.807) is 42.6 Å². The molecule has 0 saturated carbocycles. The van der Waals surface area contributed by atoms with Crippen LogP contribution in [0, 0.1) is 0 Å². The van der Waals surface area contributed by atoms with Crippen molar-refractivity contribution in [3.8, 4) is 5.75 Å². The fourth-order valence-electron chi connectivity index (χ4n) is 2.54. The number of nitrogens with zero attached hydrogens (tertiary/aromatic N) is 1. The zero-order valence-electron chi connectivity index (χ0n) is 15.5. The second kappa shape index (κ2) is 8.63. The minimum absolute atomic E-state index is 0.0362. The van der Waals surface area contributed by atoms with Gasteiger partial charge in [-0.2, -0.15) is 26.3 Å². The number of esters is 1. The molecular weight excluding hydrogens is 424 g/mol. The van der Waals surface area contributed by atoms with Crippen molar-refractivity contribution in [1.82, 2.24) is 4.98 Å². The highest BCUT2D eigenvalue weighted by Gasteiger charge is 2.37. The van der Waals surface area contributed by atoms with Crippen LogP contribution in [0.2, 0.25) is 0 Å². The summed E-state index contributed by atoms with van der Waals surface area (Å²) in [5.74, 6) is -1.38. The van der Waals surface area contributed by atoms with Gasteiger partial charge in [-0.25, -0.2) is 4.79 Å². The van der Waals surface area contributed by atoms with E-state index in [1.165, 1.54) is 12.1 Å². The van der Waals surface area contributed by atoms with Gasteiger partial charge >= 0.3 is 18.3 Å². The fourth-order valence-corrected chi connectivity index (χ4v) is 2.54. The number of rotatable bonds is 4. The van der Waals surface area contributed by atoms with Crippen LogP contribution in [0.4, 0.5) is 26.3 Å². The van der Waals surface area contributed by atoms with Crippen LogP contribution >= 0.6 is 0 Å². The monoisotopic (exact) mass is 437 g/mol. The number of ether oxygens (including phenoxy) is 1. The molecule has 31 heavy (non-hydrogen) atoms. The molecule has 9 heteroatoms. The summed E-state index contributed by atoms with van der Waals surface area (Å²) in [6.07, 6.45) is -5.02. The third-order valence-corrected chi connectivity index (χ3v) is 4.05. The van der Waals surface area contributed by atoms with E-state index in [-0.39, 0.29) is 11.8 Å². The summed E-state index contributed by atoms with van der Waals surface area (Å²) in [6.45, 7) is 0. The Hall–Kier alpha value is -3.62. The summed E-state index contributed by atoms with van der Waals surface area (Å²) < 4.78 is 82.6. The van der Waals surface area contributed by atoms with Crippen molar-refractivity contribution < 1.29 is 35.9 Å². The molecule has 0 saturated heterocycles. The molecule has 0 aliphatic heterocycles. The summed E-state index contributed by atoms with van der Waals surface area (Å²) in [7, 11) is 0. The van der Waals surface area contributed by atoms with Gasteiger partial charge in [0.1, 0.15) is 5.75 Å². The Kier molecular flexibility index (Phi) is 6.14. The maximum atomic E-state index is 12.9. The number of benzene rings is 2. The molecule has 0 unspecified atom stereocenters. The fraction of sp³-hybridized carbons (Fsp3) is 0.0909. The van der Waals surface area contributed by atoms with Crippen molar-refractivity contribution in [2.24, 2.45) is 0 Å². The van der Waals surface area contributed by atoms with Crippen molar-refractivity contribution in [3.63, 3.8) is 0 Å². The molecule has 2 aromatic carbocycles. The van der Waals surface area contributed by atoms with E-state index in [0.717, 1.165) is 0 Å². The van der Waals surface area contributed by atoms with Crippen LogP contribution in [0.1, 0.15) is 32.7 Å². The smallest absolute Gasteiger partial charge is 0.416 e. The quantitative estimate of drug-likeness (QED) is 0.265. The van der Waals surface area contributed by atoms with Gasteiger partial charge in [-0.05, 0) is 54.1 Å². The first kappa shape index (κ1) is 22.1. The SMILES string of the molecule is O=C(Oc1ccc(/C=C/c2ccccn2)cc1)c1cc(C(F)(F)F)cc(C(F)(F)F)c1. The minimum atomic E-state index is -5.06. The Morgan fingerprint density at radius 3 is 1.94 bits per heavy atom. The number of hydrogen-bond acceptors (Lipinski definition) is 3. The van der Waals surface area contributed by atoms with Gasteiger partial charge in [0, 0.05) is 6.20 Å². The number of halogens is 6. The molecule has 3 aromatic rings. The second-order valence-corrected chi connectivity index (χ2v) is 6.34. The number of aromatic nitrogens is 1. The van der Waals surface area contributed by atoms with Gasteiger partial charge in [0.25, 0.3) is 0 Å². The first-order chi connectivity index (χ1) is 14.5. The van der Waals surface area contributed by atoms with Crippen molar-refractivity contribution in [1.29, 1.82) is 0 Å². The van der Waals surface area contributed by atoms with Crippen LogP contribution in [-0.4, -0.2) is 11.0 Å². The Morgan fingerprint density at radius 1 is 0.806 bits per heavy atom. The van der Waals surface area contributed by atoms with Gasteiger partial charge in [0.05, 0.1) is 22.4 Å². The van der Waals surface area contributed by atoms with E-state index in [0.29, 0.717) is 23.4 Å². The van der Waals surface area contributed by atoms with Crippen molar-refractivity contribution in [2.75, 3.05) is 0 Å². The predicted octanol–water partition coefficient (Wildman–Crippen LogP) is 6.51. The zero-order chi connectivity index (χ0) is 22.6. The highest BCUT2D eigenvalue weighted by Crippen LogP contribution is 2.36. The Bertz CT molecular complexity index is 1060. The highest BCUT2D eigenvalue weighted by molar-refractivity contribution is 5.91. The molecule has 1 heterocycles. The number of pyridine rings is 1. The third-order valence-electron chi connectivity index (χ3n) is 4.05. The van der Waals surface area contributed by atoms with Crippen molar-refractivity contribution in [2.45, 2.75) is 12.4 Å². The summed E-state index contributed by atoms with van der Waals surface area (Å²) in [4.78, 5) is 16.3. The Morgan fingerprint density at radius 2 is 1.42 bits per heavy atom. The number of carbonyl (C=O) groups excluding carboxylic acids is 1. The summed E-state index contributed by atoms with van der Waals surface area (Å²) in [5, 5.41) is 0. The van der Waals surface area contributed by atoms with Gasteiger partial charge in [0.2, 0.25) is 0 Å². The first-order valence-electron chi connectivity index (χ1n) is 8.73. The van der Waals surface area contributed by atoms with Gasteiger partial charge in [-0.3, -0.25) is 4.98 Å². The average molecular weight is 437 g/mol. The predicted molar refractivity (Wildman–Crippen MR) is 101 cm³/mol. The largest absolute Gasteiger partial charge is 0.423 e. The number of carbonyl (C=O) groups is 1. The van der Waals surface area contributed by atoms with Crippen LogP contribution in [0.5, 0.6) is 5.75 Å². The van der Waals surface area contributed by atoms with E-state index < -0.39 is 35.0 Å². The molecule has 0 aliphatic carbocycles. The molecule has 3 nitrogen and oxygen atoms in total. The van der Waals surface area contributed by atoms with Crippen LogP contribution in [0.25, 0.3) is 12.2 Å². The molecule has 160 valence electrons. The van der Waals surface area contributed by atoms with Crippen LogP contribution in [-0.2, 0) is 12.4 Å². The summed E-state index contributed by atoms with van der Waals surface area (Å²) in [5.41, 5.74) is -2.62. The molecule has 0 bridgehead atoms. The molecule has 0 radical (unpaired) electrons. The van der Waals surface area contributed by atoms with Gasteiger partial charge < -0.3 is 4.74 Å². The van der Waals surface area contributed by atoms with Crippen molar-refractivity contribution in [3.05, 3.63) is 94.8 Å². The molecule has 1 aromatic heterocycles. The minimum Gasteiger partial charge on any atom is -0.423 e. The molecule has 0 atom stereocenters. The molecule has 0 amide bonds. The van der Waals surface area contributed by atoms with Gasteiger partial charge in [-0.1, -0.05) is 24.3 Å². The first-order valence-corrected chi connectivity index (χ1v) is 8.73. The lowest BCUT2D eigenvalue weighted by atomic mass is 10.0. The maximum Gasteiger partial charge on any atom is 0.416 e. The van der Waals surface area contributed by atoms with E-state index in [1.807, 2.05) is 6.07 Å². The average Bonchev–Trinajstić information content (AvgIpc) is 2.72. The van der Waals surface area contributed by atoms with E-state index in [4.69, 9.17) is 4.74 Å². The molecule has 0 spiro atoms. The molecule has 0 N–H and O–H groups in total. The maximum absolute atomic E-state index is 12.9. The van der Waals surface area contributed by atoms with Crippen LogP contribution in [0.3, 0.4) is 0 Å². The highest BCUT2D eigenvalue weighted by atomic mass is 19.4. The lowest BCUT2D eigenvalue weighted by molar-refractivity contribution is -0.143. The summed E-state index contributed by atoms with van der Waals surface area (Å²) >= 11 is 0. The topological polar surface area (TPSA) is 39.2 Å². The van der Waals surface area contributed by atoms with Gasteiger partial charge in [-0.15, -0.1) is 0 Å². The van der Waals surface area contributed by atoms with E-state index >= 15 is 0 Å². The summed E-state index contributed by atoms with van der Waals surface area (Å²) in [6, 6.07) is 11.8. The molecule has 0 aliphatic rings. The lowest BCUT2D eigenvalue weighted by Gasteiger charge is -2.13. The molecular formula is C22H13F6NO2. The lowest BCUT2D eigenvalue weighted by Crippen LogP contribution is -2.15. The van der Waals surface area contributed by atoms with Gasteiger partial charge in [0.15, 0.2) is 0 Å². The number of hydrogen-bond donors (Lipinski definition) is 0. The Labute approximate surface area is 172 Å². The second-order valence-electron chi connectivity index (χ2n) is 6.34. The third kappa shape index (κ3) is 5.94. The van der Waals surface area contributed by atoms with Crippen LogP contribution in [0.15, 0.2) is 66.9 Å². The normalized spacial score (nSPS) is 12.2. The number of alkyl halides is 6. The van der Waals surface area contributed by atoms with Crippen LogP contribution < -0.4 is 4.74 Å².